The van der Waals surface area contributed by atoms with Crippen LogP contribution < -0.4 is 4.72 Å². The second-order valence-electron chi connectivity index (χ2n) is 4.81. The Morgan fingerprint density at radius 3 is 2.62 bits per heavy atom. The highest BCUT2D eigenvalue weighted by Crippen LogP contribution is 2.35. The molecule has 0 atom stereocenters. The third-order valence-corrected chi connectivity index (χ3v) is 5.61. The molecule has 2 aromatic rings. The Kier molecular flexibility index (Phi) is 5.17. The molecule has 0 spiro atoms. The largest absolute Gasteiger partial charge is 0.465 e. The third kappa shape index (κ3) is 3.85. The minimum atomic E-state index is -4.22. The summed E-state index contributed by atoms with van der Waals surface area (Å²) < 4.78 is 58.4. The zero-order valence-corrected chi connectivity index (χ0v) is 14.9. The zero-order chi connectivity index (χ0) is 18.1. The van der Waals surface area contributed by atoms with Gasteiger partial charge in [-0.15, -0.1) is 11.3 Å². The topological polar surface area (TPSA) is 72.5 Å². The highest BCUT2D eigenvalue weighted by Gasteiger charge is 2.28. The van der Waals surface area contributed by atoms with Crippen LogP contribution in [-0.2, 0) is 20.7 Å². The first kappa shape index (κ1) is 18.6. The van der Waals surface area contributed by atoms with Gasteiger partial charge in [-0.05, 0) is 12.1 Å². The van der Waals surface area contributed by atoms with Gasteiger partial charge in [0.2, 0.25) is 0 Å². The predicted molar refractivity (Wildman–Crippen MR) is 87.5 cm³/mol. The van der Waals surface area contributed by atoms with Gasteiger partial charge in [-0.1, -0.05) is 23.7 Å². The molecular weight excluding hydrogens is 384 g/mol. The fourth-order valence-electron chi connectivity index (χ4n) is 1.82. The van der Waals surface area contributed by atoms with Gasteiger partial charge in [-0.25, -0.2) is 22.0 Å². The number of ether oxygens (including phenoxy) is 1. The van der Waals surface area contributed by atoms with Crippen LogP contribution >= 0.6 is 22.9 Å². The van der Waals surface area contributed by atoms with Gasteiger partial charge in [-0.2, -0.15) is 0 Å². The van der Waals surface area contributed by atoms with Crippen LogP contribution in [0.1, 0.15) is 22.8 Å². The second-order valence-corrected chi connectivity index (χ2v) is 7.98. The Bertz CT molecular complexity index is 875. The van der Waals surface area contributed by atoms with Crippen LogP contribution in [0.5, 0.6) is 0 Å². The molecule has 1 aromatic carbocycles. The molecule has 0 aliphatic heterocycles. The average molecular weight is 396 g/mol. The molecule has 0 saturated heterocycles. The molecule has 2 rings (SSSR count). The molecule has 0 radical (unpaired) electrons. The molecule has 0 aliphatic carbocycles. The van der Waals surface area contributed by atoms with Crippen molar-refractivity contribution in [2.75, 3.05) is 11.8 Å². The summed E-state index contributed by atoms with van der Waals surface area (Å²) >= 11 is 6.84. The summed E-state index contributed by atoms with van der Waals surface area (Å²) in [4.78, 5) is 11.3. The van der Waals surface area contributed by atoms with E-state index in [0.29, 0.717) is 6.92 Å². The Labute approximate surface area is 146 Å². The van der Waals surface area contributed by atoms with Crippen molar-refractivity contribution in [2.24, 2.45) is 0 Å². The molecule has 1 aromatic heterocycles. The lowest BCUT2D eigenvalue weighted by Crippen LogP contribution is -2.16. The molecule has 0 bridgehead atoms. The van der Waals surface area contributed by atoms with Gasteiger partial charge in [0.1, 0.15) is 4.34 Å². The molecule has 0 amide bonds. The van der Waals surface area contributed by atoms with Gasteiger partial charge in [0, 0.05) is 17.9 Å². The van der Waals surface area contributed by atoms with E-state index in [4.69, 9.17) is 11.6 Å². The van der Waals surface area contributed by atoms with E-state index < -0.39 is 27.5 Å². The van der Waals surface area contributed by atoms with Gasteiger partial charge in [-0.3, -0.25) is 4.72 Å². The van der Waals surface area contributed by atoms with E-state index in [0.717, 1.165) is 36.6 Å². The van der Waals surface area contributed by atoms with Crippen LogP contribution in [0.4, 0.5) is 14.5 Å². The first-order valence-electron chi connectivity index (χ1n) is 6.42. The first-order chi connectivity index (χ1) is 11.1. The lowest BCUT2D eigenvalue weighted by Gasteiger charge is -2.13. The molecule has 0 aliphatic rings. The summed E-state index contributed by atoms with van der Waals surface area (Å²) in [5, 5.41) is 1.34. The molecule has 130 valence electrons. The molecule has 1 N–H and O–H groups in total. The standard InChI is InChI=1S/C14H12ClF2NO4S2/c1-14(16,17)8-4-3-5-9(6-8)24(20,21)18-11-10(13(19)22-2)7-23-12(11)15/h3-7,18H,1-2H3. The van der Waals surface area contributed by atoms with E-state index in [-0.39, 0.29) is 20.5 Å². The summed E-state index contributed by atoms with van der Waals surface area (Å²) in [5.74, 6) is -3.97. The lowest BCUT2D eigenvalue weighted by molar-refractivity contribution is 0.0172. The van der Waals surface area contributed by atoms with Crippen molar-refractivity contribution in [1.29, 1.82) is 0 Å². The number of hydrogen-bond acceptors (Lipinski definition) is 5. The van der Waals surface area contributed by atoms with E-state index >= 15 is 0 Å². The number of anilines is 1. The Hall–Kier alpha value is -1.71. The summed E-state index contributed by atoms with van der Waals surface area (Å²) in [6, 6.07) is 4.35. The van der Waals surface area contributed by atoms with E-state index in [1.165, 1.54) is 11.4 Å². The van der Waals surface area contributed by atoms with Crippen molar-refractivity contribution < 1.29 is 26.7 Å². The highest BCUT2D eigenvalue weighted by molar-refractivity contribution is 7.92. The van der Waals surface area contributed by atoms with E-state index in [9.17, 15) is 22.0 Å². The van der Waals surface area contributed by atoms with Crippen LogP contribution in [-0.4, -0.2) is 21.5 Å². The molecule has 5 nitrogen and oxygen atoms in total. The van der Waals surface area contributed by atoms with Crippen molar-refractivity contribution in [3.8, 4) is 0 Å². The fourth-order valence-corrected chi connectivity index (χ4v) is 4.08. The SMILES string of the molecule is COC(=O)c1csc(Cl)c1NS(=O)(=O)c1cccc(C(C)(F)F)c1. The normalized spacial score (nSPS) is 12.0. The predicted octanol–water partition coefficient (Wildman–Crippen LogP) is 4.10. The maximum Gasteiger partial charge on any atom is 0.340 e. The Morgan fingerprint density at radius 1 is 1.38 bits per heavy atom. The van der Waals surface area contributed by atoms with Gasteiger partial charge in [0.15, 0.2) is 0 Å². The van der Waals surface area contributed by atoms with Gasteiger partial charge in [0.25, 0.3) is 15.9 Å². The van der Waals surface area contributed by atoms with Crippen LogP contribution in [0, 0.1) is 0 Å². The number of carbonyl (C=O) groups is 1. The van der Waals surface area contributed by atoms with Crippen LogP contribution in [0.2, 0.25) is 4.34 Å². The molecule has 0 fully saturated rings. The van der Waals surface area contributed by atoms with Gasteiger partial charge < -0.3 is 4.74 Å². The first-order valence-corrected chi connectivity index (χ1v) is 9.17. The molecule has 0 saturated carbocycles. The van der Waals surface area contributed by atoms with Gasteiger partial charge in [0.05, 0.1) is 23.3 Å². The number of nitrogens with one attached hydrogen (secondary N) is 1. The summed E-state index contributed by atoms with van der Waals surface area (Å²) in [7, 11) is -3.08. The molecule has 0 unspecified atom stereocenters. The zero-order valence-electron chi connectivity index (χ0n) is 12.5. The van der Waals surface area contributed by atoms with Crippen LogP contribution in [0.25, 0.3) is 0 Å². The Morgan fingerprint density at radius 2 is 2.04 bits per heavy atom. The third-order valence-electron chi connectivity index (χ3n) is 3.04. The lowest BCUT2D eigenvalue weighted by atomic mass is 10.1. The monoisotopic (exact) mass is 395 g/mol. The number of thiophene rings is 1. The van der Waals surface area contributed by atoms with Crippen LogP contribution in [0.15, 0.2) is 34.5 Å². The smallest absolute Gasteiger partial charge is 0.340 e. The van der Waals surface area contributed by atoms with Crippen molar-refractivity contribution in [3.05, 3.63) is 45.1 Å². The van der Waals surface area contributed by atoms with Gasteiger partial charge >= 0.3 is 5.97 Å². The fraction of sp³-hybridized carbons (Fsp3) is 0.214. The number of carbonyl (C=O) groups excluding carboxylic acids is 1. The number of halogens is 3. The minimum Gasteiger partial charge on any atom is -0.465 e. The maximum absolute atomic E-state index is 13.4. The highest BCUT2D eigenvalue weighted by atomic mass is 35.5. The van der Waals surface area contributed by atoms with Crippen molar-refractivity contribution in [3.63, 3.8) is 0 Å². The Balaban J connectivity index is 2.44. The molecule has 10 heteroatoms. The van der Waals surface area contributed by atoms with Crippen molar-refractivity contribution in [1.82, 2.24) is 0 Å². The molecule has 24 heavy (non-hydrogen) atoms. The van der Waals surface area contributed by atoms with E-state index in [1.54, 1.807) is 0 Å². The minimum absolute atomic E-state index is 0.0240. The molecule has 1 heterocycles. The number of sulfonamides is 1. The number of hydrogen-bond donors (Lipinski definition) is 1. The average Bonchev–Trinajstić information content (AvgIpc) is 2.86. The van der Waals surface area contributed by atoms with E-state index in [2.05, 4.69) is 9.46 Å². The van der Waals surface area contributed by atoms with E-state index in [1.807, 2.05) is 0 Å². The number of methoxy groups -OCH3 is 1. The maximum atomic E-state index is 13.4. The number of benzene rings is 1. The summed E-state index contributed by atoms with van der Waals surface area (Å²) in [5.41, 5.74) is -0.662. The van der Waals surface area contributed by atoms with Crippen molar-refractivity contribution >= 4 is 44.6 Å². The number of alkyl halides is 2. The summed E-state index contributed by atoms with van der Waals surface area (Å²) in [6.45, 7) is 0.664. The molecular formula is C14H12ClF2NO4S2. The van der Waals surface area contributed by atoms with Crippen molar-refractivity contribution in [2.45, 2.75) is 17.7 Å². The quantitative estimate of drug-likeness (QED) is 0.773. The second kappa shape index (κ2) is 6.66. The number of rotatable bonds is 5. The summed E-state index contributed by atoms with van der Waals surface area (Å²) in [6.07, 6.45) is 0. The number of esters is 1. The van der Waals surface area contributed by atoms with Crippen LogP contribution in [0.3, 0.4) is 0 Å².